The summed E-state index contributed by atoms with van der Waals surface area (Å²) < 4.78 is 24.5. The van der Waals surface area contributed by atoms with Gasteiger partial charge in [-0.2, -0.15) is 0 Å². The van der Waals surface area contributed by atoms with Crippen molar-refractivity contribution in [1.29, 1.82) is 0 Å². The molecule has 0 N–H and O–H groups in total. The number of hydrogen-bond acceptors (Lipinski definition) is 10. The van der Waals surface area contributed by atoms with Gasteiger partial charge in [0, 0.05) is 37.0 Å². The number of anilines is 2. The summed E-state index contributed by atoms with van der Waals surface area (Å²) in [6.45, 7) is 7.77. The highest BCUT2D eigenvalue weighted by atomic mass is 35.5. The van der Waals surface area contributed by atoms with Gasteiger partial charge >= 0.3 is 11.4 Å². The Balaban J connectivity index is 1.94. The SMILES string of the molecule is C=C[S@@](=O)c1sc(Cl)c(N2CCN(c3c(Cl)sc([S@@](=O)C=C)c3[N+](=O)[O-])CC2)c1[N+](=O)[O-]. The quantitative estimate of drug-likeness (QED) is 0.336. The molecule has 1 fully saturated rings. The molecule has 0 spiro atoms. The molecular formula is C16H14Cl2N4O6S4. The molecule has 0 unspecified atom stereocenters. The molecule has 1 aliphatic heterocycles. The van der Waals surface area contributed by atoms with Gasteiger partial charge in [0.15, 0.2) is 8.42 Å². The predicted molar refractivity (Wildman–Crippen MR) is 130 cm³/mol. The predicted octanol–water partition coefficient (Wildman–Crippen LogP) is 4.76. The molecule has 2 atom stereocenters. The van der Waals surface area contributed by atoms with Crippen LogP contribution >= 0.6 is 45.9 Å². The molecule has 32 heavy (non-hydrogen) atoms. The minimum absolute atomic E-state index is 0.000456. The van der Waals surface area contributed by atoms with E-state index in [4.69, 9.17) is 23.2 Å². The fourth-order valence-corrected chi connectivity index (χ4v) is 8.44. The van der Waals surface area contributed by atoms with E-state index in [-0.39, 0.29) is 66.0 Å². The third-order valence-corrected chi connectivity index (χ3v) is 10.0. The zero-order valence-electron chi connectivity index (χ0n) is 16.0. The van der Waals surface area contributed by atoms with Crippen molar-refractivity contribution in [2.24, 2.45) is 0 Å². The number of piperazine rings is 1. The van der Waals surface area contributed by atoms with Crippen LogP contribution in [0, 0.1) is 20.2 Å². The van der Waals surface area contributed by atoms with Gasteiger partial charge in [-0.3, -0.25) is 20.2 Å². The lowest BCUT2D eigenvalue weighted by atomic mass is 10.2. The van der Waals surface area contributed by atoms with Crippen LogP contribution in [0.4, 0.5) is 22.7 Å². The van der Waals surface area contributed by atoms with Crippen molar-refractivity contribution in [2.45, 2.75) is 8.42 Å². The summed E-state index contributed by atoms with van der Waals surface area (Å²) in [6.07, 6.45) is 0. The topological polar surface area (TPSA) is 127 Å². The van der Waals surface area contributed by atoms with E-state index in [9.17, 15) is 28.6 Å². The second kappa shape index (κ2) is 9.97. The van der Waals surface area contributed by atoms with Crippen LogP contribution in [0.2, 0.25) is 8.67 Å². The van der Waals surface area contributed by atoms with E-state index in [2.05, 4.69) is 13.2 Å². The molecule has 3 heterocycles. The smallest absolute Gasteiger partial charge is 0.321 e. The van der Waals surface area contributed by atoms with Crippen LogP contribution in [-0.4, -0.2) is 44.4 Å². The van der Waals surface area contributed by atoms with Crippen molar-refractivity contribution < 1.29 is 18.3 Å². The molecule has 0 radical (unpaired) electrons. The molecular weight excluding hydrogens is 543 g/mol. The van der Waals surface area contributed by atoms with Crippen molar-refractivity contribution in [3.63, 3.8) is 0 Å². The molecule has 172 valence electrons. The minimum atomic E-state index is -1.78. The summed E-state index contributed by atoms with van der Waals surface area (Å²) in [4.78, 5) is 25.5. The van der Waals surface area contributed by atoms with E-state index >= 15 is 0 Å². The summed E-state index contributed by atoms with van der Waals surface area (Å²) >= 11 is 14.2. The highest BCUT2D eigenvalue weighted by Gasteiger charge is 2.37. The molecule has 1 aliphatic rings. The molecule has 3 rings (SSSR count). The molecule has 0 aliphatic carbocycles. The van der Waals surface area contributed by atoms with Crippen molar-refractivity contribution in [3.05, 3.63) is 52.9 Å². The Kier molecular flexibility index (Phi) is 7.73. The molecule has 2 aromatic rings. The van der Waals surface area contributed by atoms with E-state index in [0.717, 1.165) is 33.5 Å². The van der Waals surface area contributed by atoms with Crippen LogP contribution < -0.4 is 9.80 Å². The number of halogens is 2. The van der Waals surface area contributed by atoms with Crippen molar-refractivity contribution in [2.75, 3.05) is 36.0 Å². The fourth-order valence-electron chi connectivity index (χ4n) is 3.18. The number of nitro groups is 2. The first-order valence-corrected chi connectivity index (χ1v) is 13.4. The highest BCUT2D eigenvalue weighted by Crippen LogP contribution is 2.49. The normalized spacial score (nSPS) is 15.9. The van der Waals surface area contributed by atoms with Gasteiger partial charge in [-0.1, -0.05) is 36.4 Å². The van der Waals surface area contributed by atoms with Gasteiger partial charge < -0.3 is 9.80 Å². The first-order chi connectivity index (χ1) is 15.1. The van der Waals surface area contributed by atoms with Gasteiger partial charge in [0.2, 0.25) is 0 Å². The van der Waals surface area contributed by atoms with Crippen LogP contribution in [0.3, 0.4) is 0 Å². The van der Waals surface area contributed by atoms with Crippen LogP contribution in [0.25, 0.3) is 0 Å². The second-order valence-corrected chi connectivity index (χ2v) is 12.6. The molecule has 0 aromatic carbocycles. The van der Waals surface area contributed by atoms with E-state index in [0.29, 0.717) is 0 Å². The highest BCUT2D eigenvalue weighted by molar-refractivity contribution is 7.90. The number of rotatable bonds is 8. The van der Waals surface area contributed by atoms with E-state index in [1.807, 2.05) is 0 Å². The Hall–Kier alpha value is -1.84. The Morgan fingerprint density at radius 3 is 1.38 bits per heavy atom. The monoisotopic (exact) mass is 556 g/mol. The third-order valence-electron chi connectivity index (χ3n) is 4.52. The van der Waals surface area contributed by atoms with E-state index < -0.39 is 31.4 Å². The standard InChI is InChI=1S/C16H14Cl2N4O6S4/c1-3-31(27)15-11(21(23)24)9(13(17)29-15)19-5-7-20(8-6-19)10-12(22(25)26)16(30-14(10)18)32(28)4-2/h3-4H,1-2,5-8H2/t31-,32+. The number of nitrogens with zero attached hydrogens (tertiary/aromatic N) is 4. The lowest BCUT2D eigenvalue weighted by molar-refractivity contribution is -0.386. The van der Waals surface area contributed by atoms with Crippen LogP contribution in [0.5, 0.6) is 0 Å². The zero-order chi connectivity index (χ0) is 23.7. The Morgan fingerprint density at radius 2 is 1.12 bits per heavy atom. The summed E-state index contributed by atoms with van der Waals surface area (Å²) in [5, 5.41) is 25.6. The maximum absolute atomic E-state index is 12.1. The van der Waals surface area contributed by atoms with Crippen LogP contribution in [0.15, 0.2) is 32.4 Å². The molecule has 0 saturated carbocycles. The van der Waals surface area contributed by atoms with Crippen LogP contribution in [-0.2, 0) is 21.6 Å². The first kappa shape index (κ1) is 24.8. The van der Waals surface area contributed by atoms with E-state index in [1.165, 1.54) is 0 Å². The lowest BCUT2D eigenvalue weighted by Gasteiger charge is -2.36. The van der Waals surface area contributed by atoms with Crippen molar-refractivity contribution in [1.82, 2.24) is 0 Å². The van der Waals surface area contributed by atoms with Crippen molar-refractivity contribution in [3.8, 4) is 0 Å². The average Bonchev–Trinajstić information content (AvgIpc) is 3.30. The lowest BCUT2D eigenvalue weighted by Crippen LogP contribution is -2.46. The van der Waals surface area contributed by atoms with E-state index in [1.54, 1.807) is 9.80 Å². The van der Waals surface area contributed by atoms with Crippen molar-refractivity contribution >= 4 is 90.2 Å². The fraction of sp³-hybridized carbons (Fsp3) is 0.250. The molecule has 2 aromatic heterocycles. The van der Waals surface area contributed by atoms with Gasteiger partial charge in [-0.15, -0.1) is 22.7 Å². The summed E-state index contributed by atoms with van der Waals surface area (Å²) in [7, 11) is -3.55. The number of hydrogen-bond donors (Lipinski definition) is 0. The van der Waals surface area contributed by atoms with Gasteiger partial charge in [0.1, 0.15) is 20.0 Å². The van der Waals surface area contributed by atoms with Gasteiger partial charge in [0.05, 0.1) is 31.4 Å². The van der Waals surface area contributed by atoms with Gasteiger partial charge in [0.25, 0.3) is 0 Å². The summed E-state index contributed by atoms with van der Waals surface area (Å²) in [5.41, 5.74) is -0.360. The molecule has 0 bridgehead atoms. The summed E-state index contributed by atoms with van der Waals surface area (Å²) in [6, 6.07) is 0. The maximum Gasteiger partial charge on any atom is 0.321 e. The Morgan fingerprint density at radius 1 is 0.812 bits per heavy atom. The first-order valence-electron chi connectivity index (χ1n) is 8.61. The minimum Gasteiger partial charge on any atom is -0.360 e. The second-order valence-electron chi connectivity index (χ2n) is 6.14. The zero-order valence-corrected chi connectivity index (χ0v) is 20.8. The Labute approximate surface area is 204 Å². The molecule has 10 nitrogen and oxygen atoms in total. The van der Waals surface area contributed by atoms with Gasteiger partial charge in [-0.05, 0) is 0 Å². The molecule has 16 heteroatoms. The number of thiophene rings is 2. The maximum atomic E-state index is 12.1. The Bertz CT molecular complexity index is 1080. The average molecular weight is 557 g/mol. The van der Waals surface area contributed by atoms with Gasteiger partial charge in [-0.25, -0.2) is 8.42 Å². The summed E-state index contributed by atoms with van der Waals surface area (Å²) in [5.74, 6) is 0. The largest absolute Gasteiger partial charge is 0.360 e. The molecule has 0 amide bonds. The third kappa shape index (κ3) is 4.47. The molecule has 1 saturated heterocycles. The van der Waals surface area contributed by atoms with Crippen LogP contribution in [0.1, 0.15) is 0 Å².